The summed E-state index contributed by atoms with van der Waals surface area (Å²) in [5, 5.41) is 26.6. The summed E-state index contributed by atoms with van der Waals surface area (Å²) < 4.78 is 6.70. The minimum absolute atomic E-state index is 0.217. The fourth-order valence-corrected chi connectivity index (χ4v) is 2.42. The number of ether oxygens (including phenoxy) is 1. The van der Waals surface area contributed by atoms with E-state index in [1.807, 2.05) is 36.4 Å². The normalized spacial score (nSPS) is 10.3. The highest BCUT2D eigenvalue weighted by Crippen LogP contribution is 2.29. The van der Waals surface area contributed by atoms with Crippen molar-refractivity contribution in [3.05, 3.63) is 82.3 Å². The molecule has 0 amide bonds. The van der Waals surface area contributed by atoms with Crippen LogP contribution in [-0.2, 0) is 0 Å². The Labute approximate surface area is 158 Å². The lowest BCUT2D eigenvalue weighted by molar-refractivity contribution is 0.481. The van der Waals surface area contributed by atoms with Crippen molar-refractivity contribution in [2.45, 2.75) is 0 Å². The van der Waals surface area contributed by atoms with Gasteiger partial charge in [-0.05, 0) is 60.7 Å². The van der Waals surface area contributed by atoms with Crippen LogP contribution < -0.4 is 4.74 Å². The van der Waals surface area contributed by atoms with E-state index >= 15 is 0 Å². The first-order chi connectivity index (χ1) is 12.7. The molecule has 0 fully saturated rings. The van der Waals surface area contributed by atoms with Gasteiger partial charge in [0.15, 0.2) is 0 Å². The molecular weight excluding hydrogens is 392 g/mol. The van der Waals surface area contributed by atoms with Gasteiger partial charge in [-0.2, -0.15) is 20.8 Å². The molecule has 124 valence electrons. The van der Waals surface area contributed by atoms with Gasteiger partial charge in [0.25, 0.3) is 0 Å². The van der Waals surface area contributed by atoms with Crippen LogP contribution in [0.25, 0.3) is 0 Å². The molecule has 26 heavy (non-hydrogen) atoms. The Bertz CT molecular complexity index is 1030. The lowest BCUT2D eigenvalue weighted by Gasteiger charge is -2.08. The molecule has 0 aromatic heterocycles. The van der Waals surface area contributed by atoms with Gasteiger partial charge in [-0.25, -0.2) is 0 Å². The van der Waals surface area contributed by atoms with Crippen LogP contribution in [0.4, 0.5) is 11.4 Å². The summed E-state index contributed by atoms with van der Waals surface area (Å²) in [6.45, 7) is 0. The van der Waals surface area contributed by atoms with E-state index in [9.17, 15) is 5.26 Å². The van der Waals surface area contributed by atoms with Gasteiger partial charge in [0.2, 0.25) is 0 Å². The van der Waals surface area contributed by atoms with E-state index in [0.29, 0.717) is 17.2 Å². The SMILES string of the molecule is N#Cc1cccc(Oc2ccc(N=Nc3ccc(Br)cc3)cc2)c1C#N. The second-order valence-electron chi connectivity index (χ2n) is 5.17. The predicted octanol–water partition coefficient (Wildman–Crippen LogP) is 6.40. The number of halogens is 1. The fraction of sp³-hybridized carbons (Fsp3) is 0. The van der Waals surface area contributed by atoms with Gasteiger partial charge >= 0.3 is 0 Å². The molecule has 0 aliphatic heterocycles. The third kappa shape index (κ3) is 4.13. The van der Waals surface area contributed by atoms with Crippen LogP contribution in [0.2, 0.25) is 0 Å². The number of nitrogens with zero attached hydrogens (tertiary/aromatic N) is 4. The van der Waals surface area contributed by atoms with Crippen LogP contribution >= 0.6 is 15.9 Å². The van der Waals surface area contributed by atoms with Gasteiger partial charge in [-0.1, -0.05) is 22.0 Å². The van der Waals surface area contributed by atoms with Gasteiger partial charge < -0.3 is 4.74 Å². The zero-order chi connectivity index (χ0) is 18.4. The molecule has 0 N–H and O–H groups in total. The van der Waals surface area contributed by atoms with Crippen molar-refractivity contribution in [2.24, 2.45) is 10.2 Å². The second kappa shape index (κ2) is 8.06. The fourth-order valence-electron chi connectivity index (χ4n) is 2.16. The van der Waals surface area contributed by atoms with Gasteiger partial charge in [0.05, 0.1) is 16.9 Å². The summed E-state index contributed by atoms with van der Waals surface area (Å²) in [6.07, 6.45) is 0. The minimum atomic E-state index is 0.217. The van der Waals surface area contributed by atoms with Crippen LogP contribution in [0.3, 0.4) is 0 Å². The number of benzene rings is 3. The average Bonchev–Trinajstić information content (AvgIpc) is 2.68. The lowest BCUT2D eigenvalue weighted by atomic mass is 10.1. The van der Waals surface area contributed by atoms with E-state index in [1.165, 1.54) is 0 Å². The first-order valence-corrected chi connectivity index (χ1v) is 8.37. The molecule has 3 rings (SSSR count). The summed E-state index contributed by atoms with van der Waals surface area (Å²) in [6, 6.07) is 23.4. The van der Waals surface area contributed by atoms with Crippen LogP contribution in [0.15, 0.2) is 81.4 Å². The lowest BCUT2D eigenvalue weighted by Crippen LogP contribution is -1.91. The summed E-state index contributed by atoms with van der Waals surface area (Å²) in [7, 11) is 0. The van der Waals surface area contributed by atoms with Crippen molar-refractivity contribution in [3.8, 4) is 23.6 Å². The van der Waals surface area contributed by atoms with Crippen molar-refractivity contribution in [1.82, 2.24) is 0 Å². The maximum Gasteiger partial charge on any atom is 0.146 e. The quantitative estimate of drug-likeness (QED) is 0.473. The third-order valence-corrected chi connectivity index (χ3v) is 3.96. The van der Waals surface area contributed by atoms with Crippen LogP contribution in [0.5, 0.6) is 11.5 Å². The topological polar surface area (TPSA) is 81.5 Å². The second-order valence-corrected chi connectivity index (χ2v) is 6.09. The van der Waals surface area contributed by atoms with Crippen molar-refractivity contribution < 1.29 is 4.74 Å². The largest absolute Gasteiger partial charge is 0.456 e. The minimum Gasteiger partial charge on any atom is -0.456 e. The highest BCUT2D eigenvalue weighted by atomic mass is 79.9. The van der Waals surface area contributed by atoms with Gasteiger partial charge in [-0.3, -0.25) is 0 Å². The molecule has 0 bridgehead atoms. The first kappa shape index (κ1) is 17.3. The Kier molecular flexibility index (Phi) is 5.38. The molecule has 0 aliphatic carbocycles. The number of azo groups is 1. The molecule has 0 aliphatic rings. The van der Waals surface area contributed by atoms with Gasteiger partial charge in [0, 0.05) is 4.47 Å². The number of hydrogen-bond acceptors (Lipinski definition) is 5. The number of hydrogen-bond donors (Lipinski definition) is 0. The van der Waals surface area contributed by atoms with E-state index in [-0.39, 0.29) is 11.1 Å². The van der Waals surface area contributed by atoms with Crippen molar-refractivity contribution in [2.75, 3.05) is 0 Å². The van der Waals surface area contributed by atoms with Gasteiger partial charge in [-0.15, -0.1) is 0 Å². The summed E-state index contributed by atoms with van der Waals surface area (Å²) in [5.74, 6) is 0.884. The Balaban J connectivity index is 1.76. The highest BCUT2D eigenvalue weighted by molar-refractivity contribution is 9.10. The third-order valence-electron chi connectivity index (χ3n) is 3.43. The zero-order valence-corrected chi connectivity index (χ0v) is 15.0. The van der Waals surface area contributed by atoms with E-state index in [0.717, 1.165) is 10.2 Å². The molecule has 0 atom stereocenters. The molecule has 0 saturated carbocycles. The van der Waals surface area contributed by atoms with E-state index in [2.05, 4.69) is 26.2 Å². The molecule has 6 heteroatoms. The van der Waals surface area contributed by atoms with Crippen molar-refractivity contribution >= 4 is 27.3 Å². The predicted molar refractivity (Wildman–Crippen MR) is 101 cm³/mol. The standard InChI is InChI=1S/C20H11BrN4O/c21-15-4-6-16(7-5-15)24-25-17-8-10-18(11-9-17)26-20-3-1-2-14(12-22)19(20)13-23/h1-11H. The molecule has 0 radical (unpaired) electrons. The number of nitriles is 2. The maximum absolute atomic E-state index is 9.24. The number of rotatable bonds is 4. The molecule has 0 spiro atoms. The summed E-state index contributed by atoms with van der Waals surface area (Å²) in [5.41, 5.74) is 1.92. The van der Waals surface area contributed by atoms with Crippen LogP contribution in [-0.4, -0.2) is 0 Å². The molecule has 3 aromatic rings. The highest BCUT2D eigenvalue weighted by Gasteiger charge is 2.09. The molecule has 3 aromatic carbocycles. The maximum atomic E-state index is 9.24. The Hall–Kier alpha value is -3.48. The summed E-state index contributed by atoms with van der Waals surface area (Å²) >= 11 is 3.37. The Morgan fingerprint density at radius 3 is 1.96 bits per heavy atom. The smallest absolute Gasteiger partial charge is 0.146 e. The molecular formula is C20H11BrN4O. The van der Waals surface area contributed by atoms with Crippen LogP contribution in [0, 0.1) is 22.7 Å². The van der Waals surface area contributed by atoms with Crippen molar-refractivity contribution in [3.63, 3.8) is 0 Å². The molecule has 0 unspecified atom stereocenters. The van der Waals surface area contributed by atoms with Gasteiger partial charge in [0.1, 0.15) is 29.2 Å². The Morgan fingerprint density at radius 1 is 0.769 bits per heavy atom. The van der Waals surface area contributed by atoms with E-state index < -0.39 is 0 Å². The molecule has 5 nitrogen and oxygen atoms in total. The summed E-state index contributed by atoms with van der Waals surface area (Å²) in [4.78, 5) is 0. The molecule has 0 heterocycles. The zero-order valence-electron chi connectivity index (χ0n) is 13.4. The first-order valence-electron chi connectivity index (χ1n) is 7.58. The average molecular weight is 403 g/mol. The Morgan fingerprint density at radius 2 is 1.38 bits per heavy atom. The van der Waals surface area contributed by atoms with Crippen LogP contribution in [0.1, 0.15) is 11.1 Å². The van der Waals surface area contributed by atoms with E-state index in [1.54, 1.807) is 42.5 Å². The van der Waals surface area contributed by atoms with E-state index in [4.69, 9.17) is 10.00 Å². The van der Waals surface area contributed by atoms with Crippen molar-refractivity contribution in [1.29, 1.82) is 10.5 Å². The molecule has 0 saturated heterocycles. The monoisotopic (exact) mass is 402 g/mol.